The molecule has 1 unspecified atom stereocenters. The molecule has 0 saturated heterocycles. The molecule has 1 amide bonds. The molecule has 3 rings (SSSR count). The number of thioether (sulfide) groups is 1. The number of amides is 1. The minimum atomic E-state index is -0.395. The molecule has 0 aliphatic rings. The summed E-state index contributed by atoms with van der Waals surface area (Å²) in [5, 5.41) is 12.0. The van der Waals surface area contributed by atoms with E-state index in [1.165, 1.54) is 17.3 Å². The van der Waals surface area contributed by atoms with Gasteiger partial charge in [-0.2, -0.15) is 0 Å². The second-order valence-corrected chi connectivity index (χ2v) is 10.4. The molecule has 8 nitrogen and oxygen atoms in total. The van der Waals surface area contributed by atoms with Gasteiger partial charge in [-0.05, 0) is 61.2 Å². The van der Waals surface area contributed by atoms with Crippen molar-refractivity contribution in [1.82, 2.24) is 14.8 Å². The molecule has 3 aromatic rings. The van der Waals surface area contributed by atoms with E-state index in [0.717, 1.165) is 5.75 Å². The first-order chi connectivity index (χ1) is 17.6. The van der Waals surface area contributed by atoms with E-state index in [1.54, 1.807) is 37.3 Å². The number of ether oxygens (including phenoxy) is 2. The SMILES string of the molecule is C=CCn1c(SCC(=O)Nc2ccc(C(=O)OCC)cc2)nnc1C(C)Oc1ccc(C(C)(C)C)cc1. The number of hydrogen-bond donors (Lipinski definition) is 1. The summed E-state index contributed by atoms with van der Waals surface area (Å²) >= 11 is 1.28. The van der Waals surface area contributed by atoms with Crippen LogP contribution in [0.5, 0.6) is 5.75 Å². The van der Waals surface area contributed by atoms with Crippen LogP contribution in [0.2, 0.25) is 0 Å². The topological polar surface area (TPSA) is 95.3 Å². The van der Waals surface area contributed by atoms with Crippen molar-refractivity contribution in [1.29, 1.82) is 0 Å². The molecule has 0 aliphatic carbocycles. The monoisotopic (exact) mass is 522 g/mol. The maximum atomic E-state index is 12.5. The smallest absolute Gasteiger partial charge is 0.338 e. The summed E-state index contributed by atoms with van der Waals surface area (Å²) in [6.07, 6.45) is 1.40. The van der Waals surface area contributed by atoms with E-state index < -0.39 is 5.97 Å². The van der Waals surface area contributed by atoms with Gasteiger partial charge in [0.2, 0.25) is 5.91 Å². The molecule has 9 heteroatoms. The van der Waals surface area contributed by atoms with E-state index in [2.05, 4.69) is 55.0 Å². The molecule has 0 spiro atoms. The lowest BCUT2D eigenvalue weighted by Gasteiger charge is -2.20. The van der Waals surface area contributed by atoms with Gasteiger partial charge in [-0.15, -0.1) is 16.8 Å². The van der Waals surface area contributed by atoms with Gasteiger partial charge in [0.15, 0.2) is 17.1 Å². The Hall–Kier alpha value is -3.59. The van der Waals surface area contributed by atoms with Crippen molar-refractivity contribution in [2.24, 2.45) is 0 Å². The molecular weight excluding hydrogens is 488 g/mol. The Labute approximate surface area is 222 Å². The number of anilines is 1. The maximum absolute atomic E-state index is 12.5. The van der Waals surface area contributed by atoms with Crippen molar-refractivity contribution < 1.29 is 19.1 Å². The van der Waals surface area contributed by atoms with Gasteiger partial charge in [0.25, 0.3) is 0 Å². The Kier molecular flexibility index (Phi) is 9.52. The Balaban J connectivity index is 1.62. The molecule has 0 aliphatic heterocycles. The van der Waals surface area contributed by atoms with Gasteiger partial charge in [-0.25, -0.2) is 4.79 Å². The van der Waals surface area contributed by atoms with Crippen LogP contribution in [-0.2, 0) is 21.5 Å². The molecule has 0 saturated carbocycles. The maximum Gasteiger partial charge on any atom is 0.338 e. The zero-order chi connectivity index (χ0) is 27.0. The lowest BCUT2D eigenvalue weighted by Crippen LogP contribution is -2.16. The highest BCUT2D eigenvalue weighted by Gasteiger charge is 2.20. The first-order valence-corrected chi connectivity index (χ1v) is 13.1. The van der Waals surface area contributed by atoms with Crippen molar-refractivity contribution in [3.05, 3.63) is 78.1 Å². The second-order valence-electron chi connectivity index (χ2n) is 9.41. The average Bonchev–Trinajstić information content (AvgIpc) is 3.26. The molecule has 0 radical (unpaired) electrons. The highest BCUT2D eigenvalue weighted by atomic mass is 32.2. The summed E-state index contributed by atoms with van der Waals surface area (Å²) in [6.45, 7) is 14.8. The van der Waals surface area contributed by atoms with Crippen LogP contribution in [0, 0.1) is 0 Å². The fraction of sp³-hybridized carbons (Fsp3) is 0.357. The van der Waals surface area contributed by atoms with Crippen LogP contribution in [0.15, 0.2) is 66.3 Å². The first-order valence-electron chi connectivity index (χ1n) is 12.1. The first kappa shape index (κ1) is 28.0. The second kappa shape index (κ2) is 12.6. The third-order valence-corrected chi connectivity index (χ3v) is 6.43. The molecule has 1 aromatic heterocycles. The number of esters is 1. The van der Waals surface area contributed by atoms with Gasteiger partial charge >= 0.3 is 5.97 Å². The highest BCUT2D eigenvalue weighted by Crippen LogP contribution is 2.28. The van der Waals surface area contributed by atoms with Gasteiger partial charge < -0.3 is 14.8 Å². The highest BCUT2D eigenvalue weighted by molar-refractivity contribution is 7.99. The van der Waals surface area contributed by atoms with Gasteiger partial charge in [0, 0.05) is 12.2 Å². The standard InChI is InChI=1S/C28H34N4O4S/c1-7-17-32-25(19(3)36-23-15-11-21(12-16-23)28(4,5)6)30-31-27(32)37-18-24(33)29-22-13-9-20(10-14-22)26(34)35-8-2/h7,9-16,19H,1,8,17-18H2,2-6H3,(H,29,33). The predicted octanol–water partition coefficient (Wildman–Crippen LogP) is 5.81. The molecule has 0 bridgehead atoms. The van der Waals surface area contributed by atoms with Crippen molar-refractivity contribution >= 4 is 29.3 Å². The molecule has 37 heavy (non-hydrogen) atoms. The van der Waals surface area contributed by atoms with Crippen molar-refractivity contribution in [3.63, 3.8) is 0 Å². The molecule has 1 atom stereocenters. The number of hydrogen-bond acceptors (Lipinski definition) is 7. The number of nitrogens with one attached hydrogen (secondary N) is 1. The minimum absolute atomic E-state index is 0.0682. The zero-order valence-corrected chi connectivity index (χ0v) is 22.8. The van der Waals surface area contributed by atoms with Crippen LogP contribution in [0.4, 0.5) is 5.69 Å². The Morgan fingerprint density at radius 2 is 1.78 bits per heavy atom. The van der Waals surface area contributed by atoms with Gasteiger partial charge in [-0.1, -0.05) is 50.7 Å². The average molecular weight is 523 g/mol. The number of rotatable bonds is 11. The molecule has 196 valence electrons. The van der Waals surface area contributed by atoms with Crippen LogP contribution < -0.4 is 10.1 Å². The van der Waals surface area contributed by atoms with Crippen molar-refractivity contribution in [2.45, 2.75) is 57.8 Å². The lowest BCUT2D eigenvalue weighted by atomic mass is 9.87. The Morgan fingerprint density at radius 1 is 1.11 bits per heavy atom. The van der Waals surface area contributed by atoms with E-state index >= 15 is 0 Å². The number of aromatic nitrogens is 3. The minimum Gasteiger partial charge on any atom is -0.483 e. The van der Waals surface area contributed by atoms with Gasteiger partial charge in [-0.3, -0.25) is 9.36 Å². The predicted molar refractivity (Wildman–Crippen MR) is 146 cm³/mol. The summed E-state index contributed by atoms with van der Waals surface area (Å²) in [5.41, 5.74) is 2.32. The Morgan fingerprint density at radius 3 is 2.38 bits per heavy atom. The summed E-state index contributed by atoms with van der Waals surface area (Å²) in [6, 6.07) is 14.6. The number of carbonyl (C=O) groups is 2. The fourth-order valence-electron chi connectivity index (χ4n) is 3.53. The largest absolute Gasteiger partial charge is 0.483 e. The van der Waals surface area contributed by atoms with Crippen LogP contribution in [0.3, 0.4) is 0 Å². The number of nitrogens with zero attached hydrogens (tertiary/aromatic N) is 3. The number of benzene rings is 2. The number of allylic oxidation sites excluding steroid dienone is 1. The van der Waals surface area contributed by atoms with Crippen LogP contribution in [-0.4, -0.2) is 39.0 Å². The molecule has 0 fully saturated rings. The van der Waals surface area contributed by atoms with E-state index in [1.807, 2.05) is 23.6 Å². The quantitative estimate of drug-likeness (QED) is 0.193. The zero-order valence-electron chi connectivity index (χ0n) is 22.0. The van der Waals surface area contributed by atoms with E-state index in [4.69, 9.17) is 9.47 Å². The normalized spacial score (nSPS) is 12.0. The third kappa shape index (κ3) is 7.69. The lowest BCUT2D eigenvalue weighted by molar-refractivity contribution is -0.113. The number of carbonyl (C=O) groups excluding carboxylic acids is 2. The van der Waals surface area contributed by atoms with Crippen LogP contribution in [0.1, 0.15) is 62.5 Å². The van der Waals surface area contributed by atoms with Crippen molar-refractivity contribution in [3.8, 4) is 5.75 Å². The van der Waals surface area contributed by atoms with Crippen molar-refractivity contribution in [2.75, 3.05) is 17.7 Å². The van der Waals surface area contributed by atoms with Gasteiger partial charge in [0.05, 0.1) is 17.9 Å². The third-order valence-electron chi connectivity index (χ3n) is 5.47. The summed E-state index contributed by atoms with van der Waals surface area (Å²) in [4.78, 5) is 24.3. The molecule has 1 N–H and O–H groups in total. The van der Waals surface area contributed by atoms with E-state index in [9.17, 15) is 9.59 Å². The van der Waals surface area contributed by atoms with Gasteiger partial charge in [0.1, 0.15) is 5.75 Å². The summed E-state index contributed by atoms with van der Waals surface area (Å²) in [5.74, 6) is 0.937. The molecular formula is C28H34N4O4S. The molecule has 2 aromatic carbocycles. The fourth-order valence-corrected chi connectivity index (χ4v) is 4.28. The van der Waals surface area contributed by atoms with Crippen LogP contribution >= 0.6 is 11.8 Å². The Bertz CT molecular complexity index is 1210. The van der Waals surface area contributed by atoms with E-state index in [0.29, 0.717) is 35.4 Å². The van der Waals surface area contributed by atoms with E-state index in [-0.39, 0.29) is 23.2 Å². The van der Waals surface area contributed by atoms with Crippen LogP contribution in [0.25, 0.3) is 0 Å². The summed E-state index contributed by atoms with van der Waals surface area (Å²) in [7, 11) is 0. The molecule has 1 heterocycles. The summed E-state index contributed by atoms with van der Waals surface area (Å²) < 4.78 is 13.0.